The van der Waals surface area contributed by atoms with Gasteiger partial charge in [0.2, 0.25) is 5.91 Å². The van der Waals surface area contributed by atoms with E-state index in [1.807, 2.05) is 31.2 Å². The highest BCUT2D eigenvalue weighted by atomic mass is 35.5. The first-order valence-corrected chi connectivity index (χ1v) is 10.5. The van der Waals surface area contributed by atoms with Gasteiger partial charge in [-0.2, -0.15) is 5.10 Å². The van der Waals surface area contributed by atoms with Gasteiger partial charge in [0.1, 0.15) is 17.5 Å². The summed E-state index contributed by atoms with van der Waals surface area (Å²) in [5.41, 5.74) is 2.57. The minimum atomic E-state index is -0.517. The van der Waals surface area contributed by atoms with E-state index in [0.717, 1.165) is 11.1 Å². The lowest BCUT2D eigenvalue weighted by atomic mass is 10.1. The van der Waals surface area contributed by atoms with Gasteiger partial charge in [0.25, 0.3) is 5.56 Å². The molecule has 32 heavy (non-hydrogen) atoms. The monoisotopic (exact) mass is 453 g/mol. The van der Waals surface area contributed by atoms with Crippen molar-refractivity contribution in [1.82, 2.24) is 24.6 Å². The van der Waals surface area contributed by atoms with E-state index < -0.39 is 5.82 Å². The van der Waals surface area contributed by atoms with Crippen molar-refractivity contribution < 1.29 is 9.18 Å². The molecule has 0 unspecified atom stereocenters. The highest BCUT2D eigenvalue weighted by molar-refractivity contribution is 6.31. The lowest BCUT2D eigenvalue weighted by molar-refractivity contribution is -0.120. The number of halogens is 2. The number of fused-ring (bicyclic) bond motifs is 1. The second kappa shape index (κ2) is 9.32. The zero-order chi connectivity index (χ0) is 22.7. The maximum absolute atomic E-state index is 13.8. The average Bonchev–Trinajstić information content (AvgIpc) is 3.18. The summed E-state index contributed by atoms with van der Waals surface area (Å²) in [6.45, 7) is 2.98. The van der Waals surface area contributed by atoms with Crippen molar-refractivity contribution >= 4 is 28.5 Å². The van der Waals surface area contributed by atoms with Crippen molar-refractivity contribution in [3.05, 3.63) is 92.9 Å². The van der Waals surface area contributed by atoms with Gasteiger partial charge in [-0.3, -0.25) is 14.2 Å². The van der Waals surface area contributed by atoms with Gasteiger partial charge in [0.05, 0.1) is 25.7 Å². The van der Waals surface area contributed by atoms with Gasteiger partial charge in [-0.05, 0) is 30.2 Å². The fraction of sp³-hybridized carbons (Fsp3) is 0.217. The van der Waals surface area contributed by atoms with Crippen molar-refractivity contribution in [1.29, 1.82) is 0 Å². The first-order valence-electron chi connectivity index (χ1n) is 10.1. The van der Waals surface area contributed by atoms with E-state index in [9.17, 15) is 14.0 Å². The highest BCUT2D eigenvalue weighted by Gasteiger charge is 2.13. The first-order chi connectivity index (χ1) is 15.4. The molecule has 1 N–H and O–H groups in total. The molecule has 0 aliphatic carbocycles. The summed E-state index contributed by atoms with van der Waals surface area (Å²) >= 11 is 5.97. The molecule has 0 aliphatic heterocycles. The number of nitrogens with zero attached hydrogens (tertiary/aromatic N) is 4. The van der Waals surface area contributed by atoms with Crippen molar-refractivity contribution in [2.75, 3.05) is 6.54 Å². The van der Waals surface area contributed by atoms with Gasteiger partial charge < -0.3 is 5.32 Å². The van der Waals surface area contributed by atoms with E-state index >= 15 is 0 Å². The molecule has 1 amide bonds. The summed E-state index contributed by atoms with van der Waals surface area (Å²) in [4.78, 5) is 29.4. The molecule has 0 spiro atoms. The van der Waals surface area contributed by atoms with Gasteiger partial charge >= 0.3 is 0 Å². The van der Waals surface area contributed by atoms with Crippen LogP contribution in [0.5, 0.6) is 0 Å². The van der Waals surface area contributed by atoms with E-state index in [0.29, 0.717) is 24.1 Å². The van der Waals surface area contributed by atoms with Crippen molar-refractivity contribution in [2.45, 2.75) is 26.4 Å². The van der Waals surface area contributed by atoms with Crippen LogP contribution in [-0.4, -0.2) is 31.8 Å². The second-order valence-corrected chi connectivity index (χ2v) is 7.84. The number of aryl methyl sites for hydroxylation is 1. The number of carbonyl (C=O) groups excluding carboxylic acids is 1. The Morgan fingerprint density at radius 3 is 2.78 bits per heavy atom. The van der Waals surface area contributed by atoms with Crippen LogP contribution in [0.3, 0.4) is 0 Å². The second-order valence-electron chi connectivity index (χ2n) is 7.44. The SMILES string of the molecule is Cc1ccccc1Cn1cnc2c(cnn2CCNC(=O)Cc2c(F)cccc2Cl)c1=O. The molecule has 0 saturated heterocycles. The molecule has 7 nitrogen and oxygen atoms in total. The highest BCUT2D eigenvalue weighted by Crippen LogP contribution is 2.19. The number of carbonyl (C=O) groups is 1. The maximum atomic E-state index is 13.8. The first kappa shape index (κ1) is 21.7. The van der Waals surface area contributed by atoms with Crippen LogP contribution in [0.4, 0.5) is 4.39 Å². The van der Waals surface area contributed by atoms with Crippen LogP contribution >= 0.6 is 11.6 Å². The van der Waals surface area contributed by atoms with Crippen molar-refractivity contribution in [3.8, 4) is 0 Å². The van der Waals surface area contributed by atoms with Crippen LogP contribution < -0.4 is 10.9 Å². The van der Waals surface area contributed by atoms with Crippen LogP contribution in [0.25, 0.3) is 11.0 Å². The Labute approximate surface area is 188 Å². The number of hydrogen-bond acceptors (Lipinski definition) is 4. The standard InChI is InChI=1S/C23H21ClFN5O2/c1-15-5-2-3-6-16(15)13-29-14-27-22-18(23(29)32)12-28-30(22)10-9-26-21(31)11-17-19(24)7-4-8-20(17)25/h2-8,12,14H,9-11,13H2,1H3,(H,26,31). The molecule has 0 radical (unpaired) electrons. The fourth-order valence-electron chi connectivity index (χ4n) is 3.47. The van der Waals surface area contributed by atoms with E-state index in [-0.39, 0.29) is 35.0 Å². The number of aromatic nitrogens is 4. The summed E-state index contributed by atoms with van der Waals surface area (Å²) in [6, 6.07) is 12.2. The molecular weight excluding hydrogens is 433 g/mol. The summed E-state index contributed by atoms with van der Waals surface area (Å²) in [5, 5.41) is 7.58. The lowest BCUT2D eigenvalue weighted by Crippen LogP contribution is -2.29. The van der Waals surface area contributed by atoms with E-state index in [4.69, 9.17) is 11.6 Å². The molecular formula is C23H21ClFN5O2. The summed E-state index contributed by atoms with van der Waals surface area (Å²) < 4.78 is 17.0. The quantitative estimate of drug-likeness (QED) is 0.466. The molecule has 4 aromatic rings. The zero-order valence-electron chi connectivity index (χ0n) is 17.4. The summed E-state index contributed by atoms with van der Waals surface area (Å²) in [5.74, 6) is -0.876. The normalized spacial score (nSPS) is 11.1. The largest absolute Gasteiger partial charge is 0.354 e. The Morgan fingerprint density at radius 1 is 1.19 bits per heavy atom. The Morgan fingerprint density at radius 2 is 2.00 bits per heavy atom. The van der Waals surface area contributed by atoms with Gasteiger partial charge in [-0.1, -0.05) is 41.9 Å². The minimum Gasteiger partial charge on any atom is -0.354 e. The fourth-order valence-corrected chi connectivity index (χ4v) is 3.70. The Bertz CT molecular complexity index is 1330. The molecule has 0 aliphatic rings. The van der Waals surface area contributed by atoms with E-state index in [1.54, 1.807) is 15.3 Å². The molecule has 0 saturated carbocycles. The van der Waals surface area contributed by atoms with Crippen LogP contribution in [0.15, 0.2) is 59.8 Å². The zero-order valence-corrected chi connectivity index (χ0v) is 18.1. The maximum Gasteiger partial charge on any atom is 0.264 e. The van der Waals surface area contributed by atoms with Gasteiger partial charge in [0.15, 0.2) is 5.65 Å². The average molecular weight is 454 g/mol. The third-order valence-electron chi connectivity index (χ3n) is 5.27. The van der Waals surface area contributed by atoms with Gasteiger partial charge in [-0.15, -0.1) is 0 Å². The van der Waals surface area contributed by atoms with Gasteiger partial charge in [-0.25, -0.2) is 14.1 Å². The molecule has 2 aromatic carbocycles. The Balaban J connectivity index is 1.42. The molecule has 0 atom stereocenters. The number of rotatable bonds is 7. The summed E-state index contributed by atoms with van der Waals surface area (Å²) in [6.07, 6.45) is 2.83. The topological polar surface area (TPSA) is 81.8 Å². The Kier molecular flexibility index (Phi) is 6.32. The van der Waals surface area contributed by atoms with Crippen molar-refractivity contribution in [3.63, 3.8) is 0 Å². The minimum absolute atomic E-state index is 0.159. The molecule has 2 heterocycles. The number of benzene rings is 2. The van der Waals surface area contributed by atoms with Crippen molar-refractivity contribution in [2.24, 2.45) is 0 Å². The molecule has 9 heteroatoms. The molecule has 4 rings (SSSR count). The smallest absolute Gasteiger partial charge is 0.264 e. The molecule has 0 bridgehead atoms. The third kappa shape index (κ3) is 4.55. The van der Waals surface area contributed by atoms with Gasteiger partial charge in [0, 0.05) is 17.1 Å². The van der Waals surface area contributed by atoms with Crippen LogP contribution in [0.1, 0.15) is 16.7 Å². The number of hydrogen-bond donors (Lipinski definition) is 1. The Hall–Kier alpha value is -3.52. The molecule has 0 fully saturated rings. The third-order valence-corrected chi connectivity index (χ3v) is 5.62. The molecule has 2 aromatic heterocycles. The number of nitrogens with one attached hydrogen (secondary N) is 1. The lowest BCUT2D eigenvalue weighted by Gasteiger charge is -2.09. The van der Waals surface area contributed by atoms with Crippen LogP contribution in [0.2, 0.25) is 5.02 Å². The number of amides is 1. The molecule has 164 valence electrons. The van der Waals surface area contributed by atoms with Crippen LogP contribution in [0, 0.1) is 12.7 Å². The van der Waals surface area contributed by atoms with E-state index in [1.165, 1.54) is 24.7 Å². The predicted octanol–water partition coefficient (Wildman–Crippen LogP) is 3.10. The summed E-state index contributed by atoms with van der Waals surface area (Å²) in [7, 11) is 0. The predicted molar refractivity (Wildman–Crippen MR) is 120 cm³/mol. The van der Waals surface area contributed by atoms with E-state index in [2.05, 4.69) is 15.4 Å². The van der Waals surface area contributed by atoms with Crippen LogP contribution in [-0.2, 0) is 24.3 Å².